The van der Waals surface area contributed by atoms with Crippen LogP contribution in [0.15, 0.2) is 53.6 Å². The van der Waals surface area contributed by atoms with Gasteiger partial charge in [0.25, 0.3) is 11.1 Å². The topological polar surface area (TPSA) is 62.6 Å². The van der Waals surface area contributed by atoms with E-state index in [9.17, 15) is 14.4 Å². The minimum atomic E-state index is -0.399. The van der Waals surface area contributed by atoms with Crippen molar-refractivity contribution in [2.75, 3.05) is 11.4 Å². The average molecular weight is 522 g/mol. The predicted octanol–water partition coefficient (Wildman–Crippen LogP) is 6.50. The standard InChI is InChI=1S/C28H28ClN3O3S/c1-3-19-10-8-11-21-20(16-30(26(19)21)17-25(33)31-14-7-6-9-18(31)2)15-24-27(34)32(28(35)36-24)23-13-5-4-12-22(23)29/h4-5,8,10-13,15-16,18H,3,6-7,9,14,17H2,1-2H3/b24-15-/t18-/m1/s1. The quantitative estimate of drug-likeness (QED) is 0.359. The van der Waals surface area contributed by atoms with E-state index in [1.54, 1.807) is 30.3 Å². The Morgan fingerprint density at radius 3 is 2.69 bits per heavy atom. The SMILES string of the molecule is CCc1cccc2c(/C=C3\SC(=O)N(c4ccccc4Cl)C3=O)cn(CC(=O)N3CCCC[C@H]3C)c12. The van der Waals surface area contributed by atoms with Crippen LogP contribution in [0.2, 0.25) is 5.02 Å². The smallest absolute Gasteiger partial charge is 0.298 e. The van der Waals surface area contributed by atoms with Crippen molar-refractivity contribution in [3.8, 4) is 0 Å². The second kappa shape index (κ2) is 10.1. The normalized spacial score (nSPS) is 19.6. The first-order chi connectivity index (χ1) is 17.4. The Balaban J connectivity index is 1.52. The number of halogens is 1. The first-order valence-electron chi connectivity index (χ1n) is 12.3. The minimum Gasteiger partial charge on any atom is -0.338 e. The lowest BCUT2D eigenvalue weighted by molar-refractivity contribution is -0.135. The summed E-state index contributed by atoms with van der Waals surface area (Å²) in [6.07, 6.45) is 7.73. The zero-order valence-corrected chi connectivity index (χ0v) is 21.9. The number of carbonyl (C=O) groups excluding carboxylic acids is 3. The summed E-state index contributed by atoms with van der Waals surface area (Å²) < 4.78 is 2.00. The van der Waals surface area contributed by atoms with Gasteiger partial charge in [-0.3, -0.25) is 14.4 Å². The van der Waals surface area contributed by atoms with E-state index in [4.69, 9.17) is 11.6 Å². The summed E-state index contributed by atoms with van der Waals surface area (Å²) in [4.78, 5) is 42.7. The fourth-order valence-electron chi connectivity index (χ4n) is 5.15. The van der Waals surface area contributed by atoms with Gasteiger partial charge in [-0.15, -0.1) is 0 Å². The minimum absolute atomic E-state index is 0.107. The Hall–Kier alpha value is -3.03. The molecule has 1 aromatic heterocycles. The molecule has 186 valence electrons. The number of amides is 3. The maximum atomic E-state index is 13.3. The van der Waals surface area contributed by atoms with Crippen LogP contribution in [0.5, 0.6) is 0 Å². The summed E-state index contributed by atoms with van der Waals surface area (Å²) >= 11 is 7.17. The van der Waals surface area contributed by atoms with Crippen LogP contribution >= 0.6 is 23.4 Å². The number of aromatic nitrogens is 1. The molecule has 0 aliphatic carbocycles. The molecule has 0 bridgehead atoms. The van der Waals surface area contributed by atoms with E-state index in [1.165, 1.54) is 0 Å². The number of anilines is 1. The van der Waals surface area contributed by atoms with Gasteiger partial charge in [0.1, 0.15) is 6.54 Å². The Labute approximate surface area is 219 Å². The summed E-state index contributed by atoms with van der Waals surface area (Å²) in [6.45, 7) is 5.24. The zero-order valence-electron chi connectivity index (χ0n) is 20.4. The van der Waals surface area contributed by atoms with Crippen LogP contribution in [0.4, 0.5) is 10.5 Å². The van der Waals surface area contributed by atoms with Crippen LogP contribution in [-0.4, -0.2) is 39.1 Å². The number of nitrogens with zero attached hydrogens (tertiary/aromatic N) is 3. The van der Waals surface area contributed by atoms with E-state index in [0.717, 1.165) is 70.9 Å². The highest BCUT2D eigenvalue weighted by Gasteiger charge is 2.37. The molecule has 2 aliphatic rings. The number of benzene rings is 2. The van der Waals surface area contributed by atoms with Gasteiger partial charge in [-0.2, -0.15) is 0 Å². The molecular formula is C28H28ClN3O3S. The Morgan fingerprint density at radius 1 is 1.14 bits per heavy atom. The van der Waals surface area contributed by atoms with Crippen LogP contribution in [0.3, 0.4) is 0 Å². The molecule has 0 N–H and O–H groups in total. The van der Waals surface area contributed by atoms with Gasteiger partial charge in [-0.1, -0.05) is 48.9 Å². The third-order valence-electron chi connectivity index (χ3n) is 7.00. The Kier molecular flexibility index (Phi) is 6.95. The molecule has 36 heavy (non-hydrogen) atoms. The number of likely N-dealkylation sites (tertiary alicyclic amines) is 1. The number of hydrogen-bond donors (Lipinski definition) is 0. The van der Waals surface area contributed by atoms with Crippen molar-refractivity contribution in [3.63, 3.8) is 0 Å². The molecule has 0 unspecified atom stereocenters. The van der Waals surface area contributed by atoms with Crippen molar-refractivity contribution in [1.29, 1.82) is 0 Å². The second-order valence-electron chi connectivity index (χ2n) is 9.28. The van der Waals surface area contributed by atoms with Crippen molar-refractivity contribution >= 4 is 63.1 Å². The summed E-state index contributed by atoms with van der Waals surface area (Å²) in [5, 5.41) is 0.917. The number of carbonyl (C=O) groups is 3. The van der Waals surface area contributed by atoms with Crippen molar-refractivity contribution in [2.24, 2.45) is 0 Å². The van der Waals surface area contributed by atoms with E-state index < -0.39 is 5.91 Å². The molecular weight excluding hydrogens is 494 g/mol. The lowest BCUT2D eigenvalue weighted by atomic mass is 10.0. The van der Waals surface area contributed by atoms with Gasteiger partial charge < -0.3 is 9.47 Å². The van der Waals surface area contributed by atoms with Crippen LogP contribution < -0.4 is 4.90 Å². The second-order valence-corrected chi connectivity index (χ2v) is 10.7. The molecule has 0 saturated carbocycles. The van der Waals surface area contributed by atoms with Gasteiger partial charge >= 0.3 is 0 Å². The number of fused-ring (bicyclic) bond motifs is 1. The number of para-hydroxylation sites is 2. The van der Waals surface area contributed by atoms with E-state index in [0.29, 0.717) is 15.6 Å². The lowest BCUT2D eigenvalue weighted by Crippen LogP contribution is -2.43. The predicted molar refractivity (Wildman–Crippen MR) is 146 cm³/mol. The Morgan fingerprint density at radius 2 is 1.94 bits per heavy atom. The van der Waals surface area contributed by atoms with Gasteiger partial charge in [-0.25, -0.2) is 4.90 Å². The largest absolute Gasteiger partial charge is 0.338 e. The fourth-order valence-corrected chi connectivity index (χ4v) is 6.19. The molecule has 2 fully saturated rings. The van der Waals surface area contributed by atoms with Crippen LogP contribution in [0, 0.1) is 0 Å². The molecule has 3 aromatic rings. The highest BCUT2D eigenvalue weighted by Crippen LogP contribution is 2.39. The highest BCUT2D eigenvalue weighted by molar-refractivity contribution is 8.19. The number of rotatable bonds is 5. The summed E-state index contributed by atoms with van der Waals surface area (Å²) in [5.41, 5.74) is 3.32. The number of hydrogen-bond acceptors (Lipinski definition) is 4. The number of aryl methyl sites for hydroxylation is 1. The Bertz CT molecular complexity index is 1400. The average Bonchev–Trinajstić information content (AvgIpc) is 3.35. The molecule has 1 atom stereocenters. The van der Waals surface area contributed by atoms with E-state index >= 15 is 0 Å². The summed E-state index contributed by atoms with van der Waals surface area (Å²) in [5.74, 6) is -0.292. The monoisotopic (exact) mass is 521 g/mol. The van der Waals surface area contributed by atoms with Gasteiger partial charge in [-0.05, 0) is 68.1 Å². The number of imide groups is 1. The molecule has 2 aliphatic heterocycles. The molecule has 0 spiro atoms. The molecule has 5 rings (SSSR count). The maximum absolute atomic E-state index is 13.3. The first-order valence-corrected chi connectivity index (χ1v) is 13.5. The third kappa shape index (κ3) is 4.46. The van der Waals surface area contributed by atoms with Crippen molar-refractivity contribution < 1.29 is 14.4 Å². The number of thioether (sulfide) groups is 1. The molecule has 6 nitrogen and oxygen atoms in total. The van der Waals surface area contributed by atoms with Crippen LogP contribution in [0.25, 0.3) is 17.0 Å². The van der Waals surface area contributed by atoms with Crippen LogP contribution in [0.1, 0.15) is 44.2 Å². The van der Waals surface area contributed by atoms with Gasteiger partial charge in [0.15, 0.2) is 0 Å². The summed E-state index contributed by atoms with van der Waals surface area (Å²) in [7, 11) is 0. The molecule has 0 radical (unpaired) electrons. The fraction of sp³-hybridized carbons (Fsp3) is 0.321. The maximum Gasteiger partial charge on any atom is 0.298 e. The van der Waals surface area contributed by atoms with E-state index in [2.05, 4.69) is 19.9 Å². The van der Waals surface area contributed by atoms with Crippen molar-refractivity contribution in [1.82, 2.24) is 9.47 Å². The van der Waals surface area contributed by atoms with Crippen LogP contribution in [-0.2, 0) is 22.6 Å². The molecule has 3 amide bonds. The molecule has 2 aromatic carbocycles. The molecule has 8 heteroatoms. The van der Waals surface area contributed by atoms with E-state index in [1.807, 2.05) is 27.8 Å². The van der Waals surface area contributed by atoms with E-state index in [-0.39, 0.29) is 23.7 Å². The zero-order chi connectivity index (χ0) is 25.4. The summed E-state index contributed by atoms with van der Waals surface area (Å²) in [6, 6.07) is 13.1. The first kappa shape index (κ1) is 24.7. The molecule has 3 heterocycles. The van der Waals surface area contributed by atoms with Crippen molar-refractivity contribution in [2.45, 2.75) is 52.1 Å². The number of piperidine rings is 1. The van der Waals surface area contributed by atoms with Gasteiger partial charge in [0, 0.05) is 29.7 Å². The van der Waals surface area contributed by atoms with Crippen molar-refractivity contribution in [3.05, 3.63) is 69.7 Å². The lowest BCUT2D eigenvalue weighted by Gasteiger charge is -2.33. The molecule has 2 saturated heterocycles. The van der Waals surface area contributed by atoms with Gasteiger partial charge in [0.05, 0.1) is 21.1 Å². The highest BCUT2D eigenvalue weighted by atomic mass is 35.5. The third-order valence-corrected chi connectivity index (χ3v) is 8.19. The van der Waals surface area contributed by atoms with Gasteiger partial charge in [0.2, 0.25) is 5.91 Å².